The Hall–Kier alpha value is -0.160. The van der Waals surface area contributed by atoms with Gasteiger partial charge in [-0.05, 0) is 59.2 Å². The highest BCUT2D eigenvalue weighted by atomic mass is 127. The van der Waals surface area contributed by atoms with E-state index in [-0.39, 0.29) is 5.82 Å². The maximum absolute atomic E-state index is 13.2. The molecule has 0 saturated carbocycles. The average Bonchev–Trinajstić information content (AvgIpc) is 2.35. The molecule has 1 aromatic carbocycles. The third-order valence-electron chi connectivity index (χ3n) is 3.43. The first-order valence-electron chi connectivity index (χ1n) is 6.82. The van der Waals surface area contributed by atoms with Crippen molar-refractivity contribution < 1.29 is 4.39 Å². The first-order chi connectivity index (χ1) is 8.63. The van der Waals surface area contributed by atoms with E-state index in [2.05, 4.69) is 48.7 Å². The highest BCUT2D eigenvalue weighted by Gasteiger charge is 2.21. The second-order valence-electron chi connectivity index (χ2n) is 4.67. The summed E-state index contributed by atoms with van der Waals surface area (Å²) in [6, 6.07) is 5.47. The van der Waals surface area contributed by atoms with Crippen molar-refractivity contribution in [1.82, 2.24) is 5.32 Å². The molecule has 0 aromatic heterocycles. The standard InChI is InChI=1S/C15H23FIN/c1-4-9-18-15(11(5-2)6-3)13-8-7-12(16)10-14(13)17/h7-8,10-11,15,18H,4-6,9H2,1-3H3. The van der Waals surface area contributed by atoms with Crippen LogP contribution in [0.15, 0.2) is 18.2 Å². The smallest absolute Gasteiger partial charge is 0.124 e. The van der Waals surface area contributed by atoms with Crippen molar-refractivity contribution >= 4 is 22.6 Å². The number of hydrogen-bond acceptors (Lipinski definition) is 1. The van der Waals surface area contributed by atoms with Gasteiger partial charge in [-0.25, -0.2) is 4.39 Å². The van der Waals surface area contributed by atoms with Crippen LogP contribution in [-0.2, 0) is 0 Å². The zero-order valence-electron chi connectivity index (χ0n) is 11.5. The van der Waals surface area contributed by atoms with Crippen LogP contribution >= 0.6 is 22.6 Å². The van der Waals surface area contributed by atoms with Gasteiger partial charge >= 0.3 is 0 Å². The molecule has 1 nitrogen and oxygen atoms in total. The fourth-order valence-electron chi connectivity index (χ4n) is 2.34. The Labute approximate surface area is 124 Å². The molecule has 0 amide bonds. The van der Waals surface area contributed by atoms with E-state index >= 15 is 0 Å². The summed E-state index contributed by atoms with van der Waals surface area (Å²) in [7, 11) is 0. The van der Waals surface area contributed by atoms with Crippen LogP contribution in [0, 0.1) is 15.3 Å². The highest BCUT2D eigenvalue weighted by Crippen LogP contribution is 2.30. The van der Waals surface area contributed by atoms with E-state index in [0.717, 1.165) is 29.4 Å². The van der Waals surface area contributed by atoms with Crippen LogP contribution in [0.5, 0.6) is 0 Å². The minimum Gasteiger partial charge on any atom is -0.310 e. The lowest BCUT2D eigenvalue weighted by Crippen LogP contribution is -2.29. The number of benzene rings is 1. The summed E-state index contributed by atoms with van der Waals surface area (Å²) < 4.78 is 14.2. The Kier molecular flexibility index (Phi) is 7.15. The molecule has 0 heterocycles. The molecular weight excluding hydrogens is 340 g/mol. The van der Waals surface area contributed by atoms with Crippen molar-refractivity contribution in [2.75, 3.05) is 6.54 Å². The molecule has 102 valence electrons. The Morgan fingerprint density at radius 2 is 1.89 bits per heavy atom. The Bertz CT molecular complexity index is 364. The normalized spacial score (nSPS) is 13.0. The van der Waals surface area contributed by atoms with Gasteiger partial charge in [0, 0.05) is 9.61 Å². The molecule has 0 aliphatic carbocycles. The van der Waals surface area contributed by atoms with Gasteiger partial charge in [-0.2, -0.15) is 0 Å². The van der Waals surface area contributed by atoms with Crippen molar-refractivity contribution in [2.24, 2.45) is 5.92 Å². The van der Waals surface area contributed by atoms with E-state index in [0.29, 0.717) is 12.0 Å². The Morgan fingerprint density at radius 3 is 2.39 bits per heavy atom. The van der Waals surface area contributed by atoms with Gasteiger partial charge in [0.15, 0.2) is 0 Å². The molecule has 1 rings (SSSR count). The molecule has 0 radical (unpaired) electrons. The zero-order chi connectivity index (χ0) is 13.5. The average molecular weight is 363 g/mol. The van der Waals surface area contributed by atoms with E-state index in [1.54, 1.807) is 12.1 Å². The largest absolute Gasteiger partial charge is 0.310 e. The summed E-state index contributed by atoms with van der Waals surface area (Å²) in [5, 5.41) is 3.62. The molecule has 0 saturated heterocycles. The molecule has 1 unspecified atom stereocenters. The fourth-order valence-corrected chi connectivity index (χ4v) is 3.16. The van der Waals surface area contributed by atoms with Crippen molar-refractivity contribution in [3.63, 3.8) is 0 Å². The van der Waals surface area contributed by atoms with Crippen LogP contribution in [0.3, 0.4) is 0 Å². The molecule has 1 aromatic rings. The van der Waals surface area contributed by atoms with Crippen LogP contribution in [0.25, 0.3) is 0 Å². The number of rotatable bonds is 7. The van der Waals surface area contributed by atoms with Gasteiger partial charge in [-0.1, -0.05) is 39.7 Å². The molecule has 0 bridgehead atoms. The van der Waals surface area contributed by atoms with Crippen LogP contribution in [-0.4, -0.2) is 6.54 Å². The molecule has 0 aliphatic rings. The summed E-state index contributed by atoms with van der Waals surface area (Å²) in [4.78, 5) is 0. The minimum absolute atomic E-state index is 0.151. The zero-order valence-corrected chi connectivity index (χ0v) is 13.6. The van der Waals surface area contributed by atoms with Crippen LogP contribution in [0.2, 0.25) is 0 Å². The highest BCUT2D eigenvalue weighted by molar-refractivity contribution is 14.1. The summed E-state index contributed by atoms with van der Waals surface area (Å²) in [5.41, 5.74) is 1.24. The van der Waals surface area contributed by atoms with Crippen molar-refractivity contribution in [1.29, 1.82) is 0 Å². The van der Waals surface area contributed by atoms with Gasteiger partial charge in [0.25, 0.3) is 0 Å². The maximum Gasteiger partial charge on any atom is 0.124 e. The van der Waals surface area contributed by atoms with Gasteiger partial charge in [0.2, 0.25) is 0 Å². The Balaban J connectivity index is 3.00. The molecule has 0 spiro atoms. The predicted molar refractivity (Wildman–Crippen MR) is 84.2 cm³/mol. The monoisotopic (exact) mass is 363 g/mol. The first kappa shape index (κ1) is 15.9. The minimum atomic E-state index is -0.151. The van der Waals surface area contributed by atoms with Crippen LogP contribution < -0.4 is 5.32 Å². The fraction of sp³-hybridized carbons (Fsp3) is 0.600. The SMILES string of the molecule is CCCNC(c1ccc(F)cc1I)C(CC)CC. The second kappa shape index (κ2) is 8.10. The Morgan fingerprint density at radius 1 is 1.22 bits per heavy atom. The summed E-state index contributed by atoms with van der Waals surface area (Å²) in [6.45, 7) is 7.64. The van der Waals surface area contributed by atoms with Crippen molar-refractivity contribution in [3.05, 3.63) is 33.1 Å². The van der Waals surface area contributed by atoms with Crippen LogP contribution in [0.4, 0.5) is 4.39 Å². The van der Waals surface area contributed by atoms with E-state index in [9.17, 15) is 4.39 Å². The third kappa shape index (κ3) is 4.19. The first-order valence-corrected chi connectivity index (χ1v) is 7.90. The lowest BCUT2D eigenvalue weighted by molar-refractivity contribution is 0.340. The number of hydrogen-bond donors (Lipinski definition) is 1. The predicted octanol–water partition coefficient (Wildman–Crippen LogP) is 4.91. The molecule has 1 N–H and O–H groups in total. The second-order valence-corrected chi connectivity index (χ2v) is 5.84. The van der Waals surface area contributed by atoms with Gasteiger partial charge in [-0.15, -0.1) is 0 Å². The molecule has 0 fully saturated rings. The summed E-state index contributed by atoms with van der Waals surface area (Å²) >= 11 is 2.24. The van der Waals surface area contributed by atoms with Gasteiger partial charge < -0.3 is 5.32 Å². The molecular formula is C15H23FIN. The van der Waals surface area contributed by atoms with Gasteiger partial charge in [0.05, 0.1) is 0 Å². The topological polar surface area (TPSA) is 12.0 Å². The van der Waals surface area contributed by atoms with Gasteiger partial charge in [-0.3, -0.25) is 0 Å². The lowest BCUT2D eigenvalue weighted by Gasteiger charge is -2.28. The molecule has 0 aliphatic heterocycles. The lowest BCUT2D eigenvalue weighted by atomic mass is 9.88. The molecule has 18 heavy (non-hydrogen) atoms. The van der Waals surface area contributed by atoms with E-state index in [1.165, 1.54) is 5.56 Å². The van der Waals surface area contributed by atoms with E-state index < -0.39 is 0 Å². The molecule has 3 heteroatoms. The maximum atomic E-state index is 13.2. The van der Waals surface area contributed by atoms with Crippen LogP contribution in [0.1, 0.15) is 51.6 Å². The summed E-state index contributed by atoms with van der Waals surface area (Å²) in [6.07, 6.45) is 3.41. The van der Waals surface area contributed by atoms with Crippen molar-refractivity contribution in [2.45, 2.75) is 46.1 Å². The van der Waals surface area contributed by atoms with E-state index in [4.69, 9.17) is 0 Å². The van der Waals surface area contributed by atoms with E-state index in [1.807, 2.05) is 6.07 Å². The third-order valence-corrected chi connectivity index (χ3v) is 4.37. The number of halogens is 2. The summed E-state index contributed by atoms with van der Waals surface area (Å²) in [5.74, 6) is 0.456. The quantitative estimate of drug-likeness (QED) is 0.679. The van der Waals surface area contributed by atoms with Gasteiger partial charge in [0.1, 0.15) is 5.82 Å². The number of nitrogens with one attached hydrogen (secondary N) is 1. The molecule has 1 atom stereocenters. The van der Waals surface area contributed by atoms with Crippen molar-refractivity contribution in [3.8, 4) is 0 Å².